The van der Waals surface area contributed by atoms with E-state index in [9.17, 15) is 0 Å². The molecule has 0 bridgehead atoms. The molecule has 0 heterocycles. The number of benzene rings is 3. The van der Waals surface area contributed by atoms with Gasteiger partial charge in [-0.1, -0.05) is 72.3 Å². The van der Waals surface area contributed by atoms with Gasteiger partial charge in [0.25, 0.3) is 0 Å². The zero-order chi connectivity index (χ0) is 29.8. The molecular formula is C38H42O2Si2. The molecule has 0 spiro atoms. The Hall–Kier alpha value is -3.91. The first-order chi connectivity index (χ1) is 20.6. The van der Waals surface area contributed by atoms with Crippen LogP contribution >= 0.6 is 0 Å². The van der Waals surface area contributed by atoms with Crippen LogP contribution in [-0.2, 0) is 8.85 Å². The first-order valence-corrected chi connectivity index (χ1v) is 17.1. The van der Waals surface area contributed by atoms with Crippen molar-refractivity contribution in [2.45, 2.75) is 25.7 Å². The molecule has 214 valence electrons. The summed E-state index contributed by atoms with van der Waals surface area (Å²) in [4.78, 5) is 0. The molecule has 42 heavy (non-hydrogen) atoms. The van der Waals surface area contributed by atoms with Gasteiger partial charge in [0.05, 0.1) is 0 Å². The van der Waals surface area contributed by atoms with E-state index in [1.165, 1.54) is 10.4 Å². The Bertz CT molecular complexity index is 1270. The second-order valence-electron chi connectivity index (χ2n) is 10.3. The van der Waals surface area contributed by atoms with E-state index in [2.05, 4.69) is 98.5 Å². The fourth-order valence-electron chi connectivity index (χ4n) is 4.39. The van der Waals surface area contributed by atoms with Gasteiger partial charge in [-0.2, -0.15) is 0 Å². The van der Waals surface area contributed by atoms with Gasteiger partial charge in [-0.3, -0.25) is 0 Å². The van der Waals surface area contributed by atoms with Gasteiger partial charge in [0, 0.05) is 35.5 Å². The fraction of sp³-hybridized carbons (Fsp3) is 0.211. The second-order valence-corrected chi connectivity index (χ2v) is 13.4. The van der Waals surface area contributed by atoms with Crippen LogP contribution in [0.25, 0.3) is 0 Å². The predicted octanol–water partition coefficient (Wildman–Crippen LogP) is 5.47. The highest BCUT2D eigenvalue weighted by molar-refractivity contribution is 6.47. The highest BCUT2D eigenvalue weighted by Gasteiger charge is 2.06. The maximum Gasteiger partial charge on any atom is 0.192 e. The van der Waals surface area contributed by atoms with Crippen molar-refractivity contribution in [1.82, 2.24) is 0 Å². The van der Waals surface area contributed by atoms with Crippen LogP contribution in [0.4, 0.5) is 0 Å². The van der Waals surface area contributed by atoms with E-state index in [4.69, 9.17) is 8.85 Å². The number of hydrogen-bond donors (Lipinski definition) is 0. The fourth-order valence-corrected chi connectivity index (χ4v) is 6.62. The van der Waals surface area contributed by atoms with Crippen LogP contribution in [0.5, 0.6) is 0 Å². The van der Waals surface area contributed by atoms with Gasteiger partial charge < -0.3 is 8.85 Å². The Balaban J connectivity index is 1.47. The summed E-state index contributed by atoms with van der Waals surface area (Å²) >= 11 is 0. The molecule has 0 unspecified atom stereocenters. The van der Waals surface area contributed by atoms with E-state index in [1.54, 1.807) is 0 Å². The van der Waals surface area contributed by atoms with Gasteiger partial charge in [0.1, 0.15) is 0 Å². The quantitative estimate of drug-likeness (QED) is 0.126. The van der Waals surface area contributed by atoms with E-state index in [-0.39, 0.29) is 0 Å². The first kappa shape index (κ1) is 32.6. The molecule has 4 heteroatoms. The third kappa shape index (κ3) is 12.3. The standard InChI is InChI=1S/C38H42O2Si2/c1-5-9-35(10-6-2)29-39-41-37-25-21-33(22-26-37)19-17-31-13-15-32(16-14-31)18-20-34-23-27-38(28-24-34)42-40-30-36(11-7-3)12-8-4/h5-8,13-16,21-28,35-36H,1-4,9-12,29-30,41-42H2. The molecule has 0 saturated carbocycles. The molecule has 0 saturated heterocycles. The largest absolute Gasteiger partial charge is 0.418 e. The first-order valence-electron chi connectivity index (χ1n) is 14.5. The number of hydrogen-bond acceptors (Lipinski definition) is 2. The lowest BCUT2D eigenvalue weighted by molar-refractivity contribution is 0.266. The monoisotopic (exact) mass is 586 g/mol. The summed E-state index contributed by atoms with van der Waals surface area (Å²) in [6, 6.07) is 24.9. The van der Waals surface area contributed by atoms with Gasteiger partial charge in [-0.25, -0.2) is 0 Å². The summed E-state index contributed by atoms with van der Waals surface area (Å²) in [6.07, 6.45) is 11.7. The summed E-state index contributed by atoms with van der Waals surface area (Å²) in [5, 5.41) is 2.56. The molecule has 0 aliphatic carbocycles. The van der Waals surface area contributed by atoms with E-state index in [0.29, 0.717) is 11.8 Å². The highest BCUT2D eigenvalue weighted by Crippen LogP contribution is 2.11. The molecule has 3 rings (SSSR count). The molecule has 0 atom stereocenters. The van der Waals surface area contributed by atoms with Crippen LogP contribution in [0, 0.1) is 35.5 Å². The third-order valence-electron chi connectivity index (χ3n) is 6.74. The minimum Gasteiger partial charge on any atom is -0.418 e. The number of rotatable bonds is 16. The predicted molar refractivity (Wildman–Crippen MR) is 186 cm³/mol. The second kappa shape index (κ2) is 19.3. The summed E-state index contributed by atoms with van der Waals surface area (Å²) < 4.78 is 12.1. The third-order valence-corrected chi connectivity index (χ3v) is 9.23. The summed E-state index contributed by atoms with van der Waals surface area (Å²) in [5.74, 6) is 14.0. The zero-order valence-corrected chi connectivity index (χ0v) is 27.5. The van der Waals surface area contributed by atoms with E-state index < -0.39 is 19.5 Å². The van der Waals surface area contributed by atoms with E-state index in [1.807, 2.05) is 48.6 Å². The lowest BCUT2D eigenvalue weighted by Crippen LogP contribution is -2.20. The van der Waals surface area contributed by atoms with Crippen molar-refractivity contribution in [1.29, 1.82) is 0 Å². The van der Waals surface area contributed by atoms with Gasteiger partial charge in [-0.05, 0) is 96.4 Å². The zero-order valence-electron chi connectivity index (χ0n) is 24.7. The van der Waals surface area contributed by atoms with Crippen molar-refractivity contribution < 1.29 is 8.85 Å². The average molecular weight is 587 g/mol. The number of allylic oxidation sites excluding steroid dienone is 4. The lowest BCUT2D eigenvalue weighted by atomic mass is 10.0. The average Bonchev–Trinajstić information content (AvgIpc) is 3.01. The molecule has 0 fully saturated rings. The molecule has 0 N–H and O–H groups in total. The van der Waals surface area contributed by atoms with Crippen LogP contribution in [-0.4, -0.2) is 32.7 Å². The Labute approximate surface area is 258 Å². The van der Waals surface area contributed by atoms with Crippen LogP contribution in [0.15, 0.2) is 123 Å². The minimum atomic E-state index is -0.749. The summed E-state index contributed by atoms with van der Waals surface area (Å²) in [7, 11) is -1.50. The van der Waals surface area contributed by atoms with Gasteiger partial charge >= 0.3 is 0 Å². The van der Waals surface area contributed by atoms with E-state index in [0.717, 1.165) is 61.2 Å². The van der Waals surface area contributed by atoms with Crippen LogP contribution in [0.1, 0.15) is 47.9 Å². The van der Waals surface area contributed by atoms with Crippen LogP contribution in [0.3, 0.4) is 0 Å². The molecule has 0 amide bonds. The van der Waals surface area contributed by atoms with Gasteiger partial charge in [0.15, 0.2) is 19.5 Å². The Morgan fingerprint density at radius 3 is 1.00 bits per heavy atom. The Kier molecular flexibility index (Phi) is 15.0. The molecule has 0 aliphatic heterocycles. The van der Waals surface area contributed by atoms with Crippen molar-refractivity contribution in [2.24, 2.45) is 11.8 Å². The summed E-state index contributed by atoms with van der Waals surface area (Å²) in [6.45, 7) is 16.9. The summed E-state index contributed by atoms with van der Waals surface area (Å²) in [5.41, 5.74) is 3.93. The Morgan fingerprint density at radius 2 is 0.738 bits per heavy atom. The molecule has 3 aromatic carbocycles. The Morgan fingerprint density at radius 1 is 0.476 bits per heavy atom. The van der Waals surface area contributed by atoms with Gasteiger partial charge in [-0.15, -0.1) is 26.3 Å². The maximum absolute atomic E-state index is 6.04. The van der Waals surface area contributed by atoms with Crippen LogP contribution < -0.4 is 10.4 Å². The van der Waals surface area contributed by atoms with E-state index >= 15 is 0 Å². The maximum atomic E-state index is 6.04. The van der Waals surface area contributed by atoms with Crippen molar-refractivity contribution in [3.05, 3.63) is 146 Å². The highest BCUT2D eigenvalue weighted by atomic mass is 28.2. The van der Waals surface area contributed by atoms with Crippen molar-refractivity contribution in [2.75, 3.05) is 13.2 Å². The molecule has 0 aliphatic rings. The molecule has 3 aromatic rings. The normalized spacial score (nSPS) is 10.9. The molecule has 0 aromatic heterocycles. The SMILES string of the molecule is C=CCC(CC=C)CO[SiH2]c1ccc(C#Cc2ccc(C#Cc3ccc([SiH2]OCC(CC=C)CC=C)cc3)cc2)cc1. The van der Waals surface area contributed by atoms with Gasteiger partial charge in [0.2, 0.25) is 0 Å². The molecule has 2 nitrogen and oxygen atoms in total. The topological polar surface area (TPSA) is 18.5 Å². The smallest absolute Gasteiger partial charge is 0.192 e. The minimum absolute atomic E-state index is 0.474. The van der Waals surface area contributed by atoms with Crippen molar-refractivity contribution in [3.63, 3.8) is 0 Å². The van der Waals surface area contributed by atoms with Crippen molar-refractivity contribution >= 4 is 29.9 Å². The van der Waals surface area contributed by atoms with Crippen LogP contribution in [0.2, 0.25) is 0 Å². The molecular weight excluding hydrogens is 545 g/mol. The van der Waals surface area contributed by atoms with Crippen molar-refractivity contribution in [3.8, 4) is 23.7 Å². The molecule has 0 radical (unpaired) electrons. The lowest BCUT2D eigenvalue weighted by Gasteiger charge is -2.13.